The van der Waals surface area contributed by atoms with Gasteiger partial charge >= 0.3 is 0 Å². The van der Waals surface area contributed by atoms with Gasteiger partial charge in [-0.2, -0.15) is 0 Å². The Morgan fingerprint density at radius 1 is 1.17 bits per heavy atom. The maximum absolute atomic E-state index is 12.1. The van der Waals surface area contributed by atoms with Gasteiger partial charge in [-0.25, -0.2) is 0 Å². The first-order valence-electron chi connectivity index (χ1n) is 8.13. The van der Waals surface area contributed by atoms with Gasteiger partial charge < -0.3 is 15.1 Å². The minimum absolute atomic E-state index is 0.0519. The summed E-state index contributed by atoms with van der Waals surface area (Å²) >= 11 is 1.38. The molecule has 1 saturated heterocycles. The van der Waals surface area contributed by atoms with Gasteiger partial charge in [0.2, 0.25) is 16.9 Å². The minimum Gasteiger partial charge on any atom is -0.340 e. The van der Waals surface area contributed by atoms with E-state index in [1.807, 2.05) is 18.7 Å². The molecule has 0 saturated carbocycles. The second-order valence-electron chi connectivity index (χ2n) is 5.96. The summed E-state index contributed by atoms with van der Waals surface area (Å²) in [5.41, 5.74) is 0. The van der Waals surface area contributed by atoms with E-state index in [2.05, 4.69) is 27.3 Å². The Morgan fingerprint density at radius 2 is 1.87 bits per heavy atom. The van der Waals surface area contributed by atoms with Gasteiger partial charge in [0.1, 0.15) is 5.01 Å². The van der Waals surface area contributed by atoms with E-state index in [-0.39, 0.29) is 24.7 Å². The SMILES string of the molecule is CCN1CCN(C(=O)CCC(=O)Nc2nnc(C(C)C)s2)CC1. The van der Waals surface area contributed by atoms with Crippen molar-refractivity contribution in [3.8, 4) is 0 Å². The molecule has 2 amide bonds. The standard InChI is InChI=1S/C15H25N5O2S/c1-4-19-7-9-20(10-8-19)13(22)6-5-12(21)16-15-18-17-14(23-15)11(2)3/h11H,4-10H2,1-3H3,(H,16,18,21). The first-order valence-corrected chi connectivity index (χ1v) is 8.94. The molecule has 2 rings (SSSR count). The number of hydrogen-bond donors (Lipinski definition) is 1. The molecule has 128 valence electrons. The third-order valence-corrected chi connectivity index (χ3v) is 5.06. The van der Waals surface area contributed by atoms with Crippen LogP contribution in [0.4, 0.5) is 5.13 Å². The molecule has 1 aliphatic heterocycles. The molecule has 0 bridgehead atoms. The van der Waals surface area contributed by atoms with E-state index in [0.717, 1.165) is 37.7 Å². The summed E-state index contributed by atoms with van der Waals surface area (Å²) in [6, 6.07) is 0. The third-order valence-electron chi connectivity index (χ3n) is 3.92. The van der Waals surface area contributed by atoms with E-state index < -0.39 is 0 Å². The predicted molar refractivity (Wildman–Crippen MR) is 90.6 cm³/mol. The molecule has 2 heterocycles. The van der Waals surface area contributed by atoms with Gasteiger partial charge in [0.15, 0.2) is 0 Å². The maximum atomic E-state index is 12.1. The van der Waals surface area contributed by atoms with Gasteiger partial charge in [-0.05, 0) is 6.54 Å². The van der Waals surface area contributed by atoms with E-state index in [9.17, 15) is 9.59 Å². The van der Waals surface area contributed by atoms with Crippen molar-refractivity contribution in [1.29, 1.82) is 0 Å². The van der Waals surface area contributed by atoms with Gasteiger partial charge in [0.25, 0.3) is 0 Å². The molecule has 1 aliphatic rings. The van der Waals surface area contributed by atoms with Crippen molar-refractivity contribution >= 4 is 28.3 Å². The number of rotatable bonds is 6. The molecule has 7 nitrogen and oxygen atoms in total. The Kier molecular flexibility index (Phi) is 6.47. The fraction of sp³-hybridized carbons (Fsp3) is 0.733. The first-order chi connectivity index (χ1) is 11.0. The highest BCUT2D eigenvalue weighted by Gasteiger charge is 2.20. The molecule has 0 aromatic carbocycles. The second-order valence-corrected chi connectivity index (χ2v) is 6.97. The van der Waals surface area contributed by atoms with Gasteiger partial charge in [-0.1, -0.05) is 32.1 Å². The van der Waals surface area contributed by atoms with E-state index >= 15 is 0 Å². The number of hydrogen-bond acceptors (Lipinski definition) is 6. The lowest BCUT2D eigenvalue weighted by Gasteiger charge is -2.34. The van der Waals surface area contributed by atoms with Crippen LogP contribution in [0.1, 0.15) is 44.5 Å². The number of carbonyl (C=O) groups excluding carboxylic acids is 2. The highest BCUT2D eigenvalue weighted by molar-refractivity contribution is 7.15. The van der Waals surface area contributed by atoms with Gasteiger partial charge in [0.05, 0.1) is 0 Å². The van der Waals surface area contributed by atoms with Crippen molar-refractivity contribution in [2.24, 2.45) is 0 Å². The van der Waals surface area contributed by atoms with E-state index in [0.29, 0.717) is 11.0 Å². The number of carbonyl (C=O) groups is 2. The Bertz CT molecular complexity index is 538. The molecule has 1 fully saturated rings. The smallest absolute Gasteiger partial charge is 0.226 e. The molecule has 0 atom stereocenters. The summed E-state index contributed by atoms with van der Waals surface area (Å²) < 4.78 is 0. The van der Waals surface area contributed by atoms with Crippen LogP contribution in [0.5, 0.6) is 0 Å². The molecule has 0 radical (unpaired) electrons. The highest BCUT2D eigenvalue weighted by Crippen LogP contribution is 2.22. The molecular weight excluding hydrogens is 314 g/mol. The van der Waals surface area contributed by atoms with E-state index in [4.69, 9.17) is 0 Å². The van der Waals surface area contributed by atoms with Crippen LogP contribution in [0.25, 0.3) is 0 Å². The topological polar surface area (TPSA) is 78.4 Å². The zero-order valence-electron chi connectivity index (χ0n) is 14.0. The van der Waals surface area contributed by atoms with Crippen LogP contribution < -0.4 is 5.32 Å². The van der Waals surface area contributed by atoms with Crippen LogP contribution in [-0.4, -0.2) is 64.5 Å². The fourth-order valence-corrected chi connectivity index (χ4v) is 3.15. The normalized spacial score (nSPS) is 15.9. The predicted octanol–water partition coefficient (Wildman–Crippen LogP) is 1.54. The summed E-state index contributed by atoms with van der Waals surface area (Å²) in [5, 5.41) is 12.1. The van der Waals surface area contributed by atoms with Crippen LogP contribution in [0.2, 0.25) is 0 Å². The Labute approximate surface area is 141 Å². The largest absolute Gasteiger partial charge is 0.340 e. The number of nitrogens with zero attached hydrogens (tertiary/aromatic N) is 4. The number of amides is 2. The molecule has 23 heavy (non-hydrogen) atoms. The van der Waals surface area contributed by atoms with Gasteiger partial charge in [-0.3, -0.25) is 9.59 Å². The van der Waals surface area contributed by atoms with Crippen molar-refractivity contribution in [1.82, 2.24) is 20.0 Å². The molecular formula is C15H25N5O2S. The van der Waals surface area contributed by atoms with Gasteiger partial charge in [0, 0.05) is 44.9 Å². The Balaban J connectivity index is 1.72. The van der Waals surface area contributed by atoms with E-state index in [1.165, 1.54) is 11.3 Å². The Hall–Kier alpha value is -1.54. The van der Waals surface area contributed by atoms with Crippen LogP contribution >= 0.6 is 11.3 Å². The van der Waals surface area contributed by atoms with Gasteiger partial charge in [-0.15, -0.1) is 10.2 Å². The fourth-order valence-electron chi connectivity index (χ4n) is 2.39. The van der Waals surface area contributed by atoms with Crippen molar-refractivity contribution in [3.63, 3.8) is 0 Å². The lowest BCUT2D eigenvalue weighted by Crippen LogP contribution is -2.48. The monoisotopic (exact) mass is 339 g/mol. The summed E-state index contributed by atoms with van der Waals surface area (Å²) in [5.74, 6) is 0.162. The summed E-state index contributed by atoms with van der Waals surface area (Å²) in [6.45, 7) is 10.5. The number of aromatic nitrogens is 2. The number of piperazine rings is 1. The average molecular weight is 339 g/mol. The molecule has 0 spiro atoms. The molecule has 1 N–H and O–H groups in total. The van der Waals surface area contributed by atoms with Crippen LogP contribution in [-0.2, 0) is 9.59 Å². The molecule has 0 aliphatic carbocycles. The van der Waals surface area contributed by atoms with Crippen molar-refractivity contribution in [2.45, 2.75) is 39.5 Å². The number of anilines is 1. The van der Waals surface area contributed by atoms with Crippen LogP contribution in [0.3, 0.4) is 0 Å². The van der Waals surface area contributed by atoms with Crippen LogP contribution in [0.15, 0.2) is 0 Å². The molecule has 8 heteroatoms. The maximum Gasteiger partial charge on any atom is 0.226 e. The second kappa shape index (κ2) is 8.35. The average Bonchev–Trinajstić information content (AvgIpc) is 3.01. The number of likely N-dealkylation sites (N-methyl/N-ethyl adjacent to an activating group) is 1. The molecule has 1 aromatic rings. The van der Waals surface area contributed by atoms with Crippen molar-refractivity contribution in [3.05, 3.63) is 5.01 Å². The quantitative estimate of drug-likeness (QED) is 0.851. The van der Waals surface area contributed by atoms with E-state index in [1.54, 1.807) is 0 Å². The first kappa shape index (κ1) is 17.8. The third kappa shape index (κ3) is 5.24. The van der Waals surface area contributed by atoms with Crippen molar-refractivity contribution < 1.29 is 9.59 Å². The lowest BCUT2D eigenvalue weighted by atomic mass is 10.2. The zero-order valence-corrected chi connectivity index (χ0v) is 14.9. The zero-order chi connectivity index (χ0) is 16.8. The van der Waals surface area contributed by atoms with Crippen LogP contribution in [0, 0.1) is 0 Å². The summed E-state index contributed by atoms with van der Waals surface area (Å²) in [6.07, 6.45) is 0.428. The minimum atomic E-state index is -0.183. The summed E-state index contributed by atoms with van der Waals surface area (Å²) in [7, 11) is 0. The summed E-state index contributed by atoms with van der Waals surface area (Å²) in [4.78, 5) is 28.2. The number of nitrogens with one attached hydrogen (secondary N) is 1. The molecule has 0 unspecified atom stereocenters. The Morgan fingerprint density at radius 3 is 2.43 bits per heavy atom. The molecule has 1 aromatic heterocycles. The highest BCUT2D eigenvalue weighted by atomic mass is 32.1. The van der Waals surface area contributed by atoms with Crippen molar-refractivity contribution in [2.75, 3.05) is 38.0 Å². The lowest BCUT2D eigenvalue weighted by molar-refractivity contribution is -0.134.